The number of benzene rings is 1. The van der Waals surface area contributed by atoms with Crippen LogP contribution in [-0.2, 0) is 6.42 Å². The van der Waals surface area contributed by atoms with Gasteiger partial charge in [-0.25, -0.2) is 0 Å². The minimum Gasteiger partial charge on any atom is -0.339 e. The molecule has 2 heterocycles. The fourth-order valence-electron chi connectivity index (χ4n) is 3.09. The van der Waals surface area contributed by atoms with Crippen LogP contribution in [0.25, 0.3) is 5.69 Å². The van der Waals surface area contributed by atoms with Crippen LogP contribution in [0.5, 0.6) is 0 Å². The topological polar surface area (TPSA) is 63.9 Å². The first-order valence-electron chi connectivity index (χ1n) is 9.03. The van der Waals surface area contributed by atoms with Gasteiger partial charge in [0, 0.05) is 30.0 Å². The lowest BCUT2D eigenvalue weighted by atomic mass is 10.0. The van der Waals surface area contributed by atoms with E-state index in [0.29, 0.717) is 21.3 Å². The summed E-state index contributed by atoms with van der Waals surface area (Å²) < 4.78 is 0. The van der Waals surface area contributed by atoms with Gasteiger partial charge in [-0.3, -0.25) is 9.78 Å². The summed E-state index contributed by atoms with van der Waals surface area (Å²) in [5.74, 6) is -0.120. The summed E-state index contributed by atoms with van der Waals surface area (Å²) in [6.07, 6.45) is 7.16. The summed E-state index contributed by atoms with van der Waals surface area (Å²) in [6.45, 7) is 2.07. The second kappa shape index (κ2) is 9.17. The highest BCUT2D eigenvalue weighted by Gasteiger charge is 2.23. The first kappa shape index (κ1) is 20.3. The Hall–Kier alpha value is -2.44. The number of carbonyl (C=O) groups is 1. The Labute approximate surface area is 174 Å². The average molecular weight is 418 g/mol. The van der Waals surface area contributed by atoms with Crippen LogP contribution in [0.1, 0.15) is 35.8 Å². The molecule has 3 rings (SSSR count). The molecule has 1 aromatic carbocycles. The highest BCUT2D eigenvalue weighted by atomic mass is 35.5. The monoisotopic (exact) mass is 417 g/mol. The van der Waals surface area contributed by atoms with Crippen LogP contribution in [0.2, 0.25) is 10.0 Å². The van der Waals surface area contributed by atoms with Gasteiger partial charge in [-0.1, -0.05) is 30.1 Å². The lowest BCUT2D eigenvalue weighted by Gasteiger charge is -2.28. The van der Waals surface area contributed by atoms with Crippen molar-refractivity contribution in [1.82, 2.24) is 24.9 Å². The molecule has 0 aliphatic carbocycles. The molecule has 0 saturated heterocycles. The number of pyridine rings is 1. The van der Waals surface area contributed by atoms with Crippen LogP contribution in [0.3, 0.4) is 0 Å². The van der Waals surface area contributed by atoms with Gasteiger partial charge in [0.15, 0.2) is 0 Å². The number of hydrogen-bond acceptors (Lipinski definition) is 4. The van der Waals surface area contributed by atoms with Gasteiger partial charge < -0.3 is 4.90 Å². The van der Waals surface area contributed by atoms with Crippen molar-refractivity contribution in [1.29, 1.82) is 0 Å². The van der Waals surface area contributed by atoms with E-state index in [-0.39, 0.29) is 11.9 Å². The maximum absolute atomic E-state index is 13.2. The van der Waals surface area contributed by atoms with Crippen molar-refractivity contribution in [3.8, 4) is 5.69 Å². The highest BCUT2D eigenvalue weighted by molar-refractivity contribution is 6.31. The lowest BCUT2D eigenvalue weighted by Crippen LogP contribution is -2.37. The Morgan fingerprint density at radius 2 is 1.86 bits per heavy atom. The zero-order chi connectivity index (χ0) is 20.1. The van der Waals surface area contributed by atoms with Crippen molar-refractivity contribution >= 4 is 29.1 Å². The second-order valence-corrected chi connectivity index (χ2v) is 7.34. The van der Waals surface area contributed by atoms with Gasteiger partial charge >= 0.3 is 0 Å². The SMILES string of the molecule is CC[C@@H](CCc1ccc(Cl)cn1)N(C)C(=O)c1cc(Cl)ccc1-n1nccn1. The zero-order valence-corrected chi connectivity index (χ0v) is 17.2. The van der Waals surface area contributed by atoms with Crippen LogP contribution < -0.4 is 0 Å². The van der Waals surface area contributed by atoms with Crippen LogP contribution in [0, 0.1) is 0 Å². The molecule has 0 aliphatic heterocycles. The quantitative estimate of drug-likeness (QED) is 0.569. The van der Waals surface area contributed by atoms with Crippen molar-refractivity contribution in [3.05, 3.63) is 70.2 Å². The fraction of sp³-hybridized carbons (Fsp3) is 0.300. The summed E-state index contributed by atoms with van der Waals surface area (Å²) in [6, 6.07) is 8.93. The molecule has 0 bridgehead atoms. The summed E-state index contributed by atoms with van der Waals surface area (Å²) >= 11 is 12.0. The van der Waals surface area contributed by atoms with Crippen LogP contribution >= 0.6 is 23.2 Å². The molecular weight excluding hydrogens is 397 g/mol. The smallest absolute Gasteiger partial charge is 0.256 e. The molecule has 0 saturated carbocycles. The van der Waals surface area contributed by atoms with Gasteiger partial charge in [0.2, 0.25) is 0 Å². The van der Waals surface area contributed by atoms with Crippen molar-refractivity contribution in [2.75, 3.05) is 7.05 Å². The standard InChI is InChI=1S/C20H21Cl2N5O/c1-3-17(8-7-16-6-4-15(22)13-23-16)26(2)20(28)18-12-14(21)5-9-19(18)27-24-10-11-25-27/h4-6,9-13,17H,3,7-8H2,1-2H3/t17-/m0/s1. The summed E-state index contributed by atoms with van der Waals surface area (Å²) in [5, 5.41) is 9.39. The van der Waals surface area contributed by atoms with E-state index in [1.54, 1.807) is 41.7 Å². The number of amides is 1. The number of aryl methyl sites for hydroxylation is 1. The van der Waals surface area contributed by atoms with E-state index < -0.39 is 0 Å². The second-order valence-electron chi connectivity index (χ2n) is 6.46. The number of halogens is 2. The molecule has 6 nitrogen and oxygen atoms in total. The van der Waals surface area contributed by atoms with Gasteiger partial charge in [0.25, 0.3) is 5.91 Å². The molecular formula is C20H21Cl2N5O. The Morgan fingerprint density at radius 3 is 2.50 bits per heavy atom. The maximum Gasteiger partial charge on any atom is 0.256 e. The van der Waals surface area contributed by atoms with Crippen molar-refractivity contribution in [2.24, 2.45) is 0 Å². The molecule has 28 heavy (non-hydrogen) atoms. The van der Waals surface area contributed by atoms with E-state index in [4.69, 9.17) is 23.2 Å². The molecule has 0 radical (unpaired) electrons. The summed E-state index contributed by atoms with van der Waals surface area (Å²) in [7, 11) is 1.81. The Balaban J connectivity index is 1.78. The molecule has 3 aromatic rings. The van der Waals surface area contributed by atoms with Crippen molar-refractivity contribution < 1.29 is 4.79 Å². The highest BCUT2D eigenvalue weighted by Crippen LogP contribution is 2.22. The average Bonchev–Trinajstić information content (AvgIpc) is 3.23. The number of rotatable bonds is 7. The normalized spacial score (nSPS) is 12.0. The predicted octanol–water partition coefficient (Wildman–Crippen LogP) is 4.45. The number of nitrogens with zero attached hydrogens (tertiary/aromatic N) is 5. The minimum absolute atomic E-state index is 0.0578. The fourth-order valence-corrected chi connectivity index (χ4v) is 3.37. The van der Waals surface area contributed by atoms with Crippen LogP contribution in [0.4, 0.5) is 0 Å². The molecule has 0 fully saturated rings. The molecule has 0 unspecified atom stereocenters. The molecule has 1 amide bonds. The summed E-state index contributed by atoms with van der Waals surface area (Å²) in [4.78, 5) is 20.8. The van der Waals surface area contributed by atoms with E-state index in [9.17, 15) is 4.79 Å². The van der Waals surface area contributed by atoms with Gasteiger partial charge in [0.1, 0.15) is 0 Å². The Kier molecular flexibility index (Phi) is 6.65. The number of hydrogen-bond donors (Lipinski definition) is 0. The first-order valence-corrected chi connectivity index (χ1v) is 9.79. The minimum atomic E-state index is -0.120. The third-order valence-corrected chi connectivity index (χ3v) is 5.14. The van der Waals surface area contributed by atoms with E-state index in [2.05, 4.69) is 22.1 Å². The van der Waals surface area contributed by atoms with Crippen molar-refractivity contribution in [2.45, 2.75) is 32.2 Å². The molecule has 0 spiro atoms. The summed E-state index contributed by atoms with van der Waals surface area (Å²) in [5.41, 5.74) is 2.02. The van der Waals surface area contributed by atoms with Gasteiger partial charge in [0.05, 0.1) is 28.7 Å². The van der Waals surface area contributed by atoms with Gasteiger partial charge in [-0.2, -0.15) is 15.0 Å². The maximum atomic E-state index is 13.2. The zero-order valence-electron chi connectivity index (χ0n) is 15.7. The van der Waals surface area contributed by atoms with Crippen LogP contribution in [0.15, 0.2) is 48.9 Å². The number of carbonyl (C=O) groups excluding carboxylic acids is 1. The molecule has 8 heteroatoms. The van der Waals surface area contributed by atoms with E-state index >= 15 is 0 Å². The van der Waals surface area contributed by atoms with Gasteiger partial charge in [-0.05, 0) is 49.6 Å². The lowest BCUT2D eigenvalue weighted by molar-refractivity contribution is 0.0719. The Bertz CT molecular complexity index is 928. The van der Waals surface area contributed by atoms with E-state index in [1.807, 2.05) is 19.2 Å². The molecule has 146 valence electrons. The third kappa shape index (κ3) is 4.69. The molecule has 1 atom stereocenters. The molecule has 0 aliphatic rings. The van der Waals surface area contributed by atoms with Gasteiger partial charge in [-0.15, -0.1) is 0 Å². The largest absolute Gasteiger partial charge is 0.339 e. The number of aromatic nitrogens is 4. The Morgan fingerprint density at radius 1 is 1.14 bits per heavy atom. The van der Waals surface area contributed by atoms with E-state index in [1.165, 1.54) is 4.80 Å². The predicted molar refractivity (Wildman–Crippen MR) is 110 cm³/mol. The van der Waals surface area contributed by atoms with Crippen molar-refractivity contribution in [3.63, 3.8) is 0 Å². The van der Waals surface area contributed by atoms with Crippen LogP contribution in [-0.4, -0.2) is 43.9 Å². The third-order valence-electron chi connectivity index (χ3n) is 4.68. The molecule has 0 N–H and O–H groups in total. The first-order chi connectivity index (χ1) is 13.5. The van der Waals surface area contributed by atoms with E-state index in [0.717, 1.165) is 25.0 Å². The molecule has 2 aromatic heterocycles.